The maximum atomic E-state index is 12.6. The molecule has 138 valence electrons. The molecule has 7 nitrogen and oxygen atoms in total. The molecule has 1 fully saturated rings. The number of ether oxygens (including phenoxy) is 1. The summed E-state index contributed by atoms with van der Waals surface area (Å²) in [6.45, 7) is 5.26. The third-order valence-corrected chi connectivity index (χ3v) is 4.55. The SMILES string of the molecule is CSCC[C@H](NC(=O)OC(C)(C)C)C(=O)NC1(C(N)=O)CCCC1. The Labute approximate surface area is 147 Å². The van der Waals surface area contributed by atoms with Gasteiger partial charge in [0.05, 0.1) is 0 Å². The zero-order chi connectivity index (χ0) is 18.4. The molecule has 3 amide bonds. The summed E-state index contributed by atoms with van der Waals surface area (Å²) in [5.74, 6) is -0.220. The lowest BCUT2D eigenvalue weighted by Crippen LogP contribution is -2.60. The first kappa shape index (κ1) is 20.6. The molecule has 0 unspecified atom stereocenters. The van der Waals surface area contributed by atoms with Crippen LogP contribution in [0.3, 0.4) is 0 Å². The predicted molar refractivity (Wildman–Crippen MR) is 94.7 cm³/mol. The highest BCUT2D eigenvalue weighted by Crippen LogP contribution is 2.29. The molecular weight excluding hydrogens is 330 g/mol. The van der Waals surface area contributed by atoms with Crippen molar-refractivity contribution in [1.82, 2.24) is 10.6 Å². The maximum absolute atomic E-state index is 12.6. The van der Waals surface area contributed by atoms with Gasteiger partial charge in [-0.15, -0.1) is 0 Å². The molecule has 0 saturated heterocycles. The summed E-state index contributed by atoms with van der Waals surface area (Å²) in [7, 11) is 0. The second-order valence-electron chi connectivity index (χ2n) is 7.12. The van der Waals surface area contributed by atoms with Crippen molar-refractivity contribution in [3.63, 3.8) is 0 Å². The van der Waals surface area contributed by atoms with Gasteiger partial charge in [-0.1, -0.05) is 12.8 Å². The topological polar surface area (TPSA) is 111 Å². The van der Waals surface area contributed by atoms with Crippen LogP contribution < -0.4 is 16.4 Å². The van der Waals surface area contributed by atoms with Crippen molar-refractivity contribution in [3.05, 3.63) is 0 Å². The van der Waals surface area contributed by atoms with Crippen molar-refractivity contribution in [2.24, 2.45) is 5.73 Å². The van der Waals surface area contributed by atoms with Crippen LogP contribution in [0.15, 0.2) is 0 Å². The Morgan fingerprint density at radius 3 is 2.29 bits per heavy atom. The van der Waals surface area contributed by atoms with Gasteiger partial charge in [0.25, 0.3) is 0 Å². The monoisotopic (exact) mass is 359 g/mol. The number of thioether (sulfide) groups is 1. The van der Waals surface area contributed by atoms with E-state index in [2.05, 4.69) is 10.6 Å². The number of nitrogens with one attached hydrogen (secondary N) is 2. The van der Waals surface area contributed by atoms with E-state index < -0.39 is 35.1 Å². The molecule has 1 aliphatic carbocycles. The summed E-state index contributed by atoms with van der Waals surface area (Å²) in [5, 5.41) is 5.38. The van der Waals surface area contributed by atoms with E-state index in [1.165, 1.54) is 0 Å². The van der Waals surface area contributed by atoms with Crippen LogP contribution in [0.2, 0.25) is 0 Å². The van der Waals surface area contributed by atoms with Gasteiger partial charge >= 0.3 is 6.09 Å². The summed E-state index contributed by atoms with van der Waals surface area (Å²) in [4.78, 5) is 36.4. The van der Waals surface area contributed by atoms with Crippen LogP contribution in [0.1, 0.15) is 52.9 Å². The molecule has 8 heteroatoms. The van der Waals surface area contributed by atoms with Gasteiger partial charge in [-0.2, -0.15) is 11.8 Å². The summed E-state index contributed by atoms with van der Waals surface area (Å²) in [6, 6.07) is -0.760. The van der Waals surface area contributed by atoms with E-state index in [0.717, 1.165) is 12.8 Å². The summed E-state index contributed by atoms with van der Waals surface area (Å²) < 4.78 is 5.21. The van der Waals surface area contributed by atoms with Gasteiger partial charge in [-0.3, -0.25) is 9.59 Å². The first-order valence-electron chi connectivity index (χ1n) is 8.20. The summed E-state index contributed by atoms with van der Waals surface area (Å²) in [6.07, 6.45) is 4.48. The Bertz CT molecular complexity index is 470. The molecule has 0 spiro atoms. The Morgan fingerprint density at radius 1 is 1.25 bits per heavy atom. The molecule has 1 atom stereocenters. The predicted octanol–water partition coefficient (Wildman–Crippen LogP) is 1.55. The number of amides is 3. The number of hydrogen-bond acceptors (Lipinski definition) is 5. The second kappa shape index (κ2) is 8.60. The normalized spacial score (nSPS) is 17.8. The standard InChI is InChI=1S/C16H29N3O4S/c1-15(2,3)23-14(22)18-11(7-10-24-4)12(20)19-16(13(17)21)8-5-6-9-16/h11H,5-10H2,1-4H3,(H2,17,21)(H,18,22)(H,19,20)/t11-/m0/s1. The van der Waals surface area contributed by atoms with E-state index in [1.54, 1.807) is 32.5 Å². The molecular formula is C16H29N3O4S. The number of carbonyl (C=O) groups excluding carboxylic acids is 3. The highest BCUT2D eigenvalue weighted by Gasteiger charge is 2.42. The van der Waals surface area contributed by atoms with E-state index in [-0.39, 0.29) is 0 Å². The zero-order valence-corrected chi connectivity index (χ0v) is 15.8. The van der Waals surface area contributed by atoms with Gasteiger partial charge in [0.2, 0.25) is 11.8 Å². The molecule has 0 heterocycles. The van der Waals surface area contributed by atoms with E-state index in [0.29, 0.717) is 25.0 Å². The second-order valence-corrected chi connectivity index (χ2v) is 8.11. The van der Waals surface area contributed by atoms with Gasteiger partial charge in [-0.05, 0) is 52.0 Å². The summed E-state index contributed by atoms with van der Waals surface area (Å²) in [5.41, 5.74) is 3.85. The average Bonchev–Trinajstić information content (AvgIpc) is 2.91. The van der Waals surface area contributed by atoms with E-state index in [1.807, 2.05) is 6.26 Å². The third-order valence-electron chi connectivity index (χ3n) is 3.91. The number of carbonyl (C=O) groups is 3. The fourth-order valence-corrected chi connectivity index (χ4v) is 3.16. The zero-order valence-electron chi connectivity index (χ0n) is 14.9. The minimum absolute atomic E-state index is 0.393. The molecule has 0 aromatic heterocycles. The molecule has 0 radical (unpaired) electrons. The lowest BCUT2D eigenvalue weighted by atomic mass is 9.96. The molecule has 0 aromatic carbocycles. The van der Waals surface area contributed by atoms with Gasteiger partial charge in [0.1, 0.15) is 17.2 Å². The quantitative estimate of drug-likeness (QED) is 0.639. The number of primary amides is 1. The largest absolute Gasteiger partial charge is 0.444 e. The molecule has 1 aliphatic rings. The van der Waals surface area contributed by atoms with E-state index in [9.17, 15) is 14.4 Å². The van der Waals surface area contributed by atoms with Crippen LogP contribution in [0.4, 0.5) is 4.79 Å². The number of rotatable bonds is 7. The summed E-state index contributed by atoms with van der Waals surface area (Å²) >= 11 is 1.57. The molecule has 1 saturated carbocycles. The third kappa shape index (κ3) is 6.22. The molecule has 24 heavy (non-hydrogen) atoms. The van der Waals surface area contributed by atoms with Gasteiger partial charge in [-0.25, -0.2) is 4.79 Å². The van der Waals surface area contributed by atoms with Crippen LogP contribution in [-0.4, -0.2) is 47.1 Å². The van der Waals surface area contributed by atoms with Crippen molar-refractivity contribution in [1.29, 1.82) is 0 Å². The van der Waals surface area contributed by atoms with Crippen LogP contribution in [0, 0.1) is 0 Å². The molecule has 1 rings (SSSR count). The smallest absolute Gasteiger partial charge is 0.408 e. The Kier molecular flexibility index (Phi) is 7.38. The van der Waals surface area contributed by atoms with Crippen LogP contribution in [0.25, 0.3) is 0 Å². The first-order chi connectivity index (χ1) is 11.1. The fourth-order valence-electron chi connectivity index (χ4n) is 2.69. The van der Waals surface area contributed by atoms with Crippen molar-refractivity contribution in [3.8, 4) is 0 Å². The average molecular weight is 359 g/mol. The lowest BCUT2D eigenvalue weighted by molar-refractivity contribution is -0.132. The number of nitrogens with two attached hydrogens (primary N) is 1. The van der Waals surface area contributed by atoms with E-state index >= 15 is 0 Å². The number of hydrogen-bond donors (Lipinski definition) is 3. The van der Waals surface area contributed by atoms with Crippen LogP contribution >= 0.6 is 11.8 Å². The van der Waals surface area contributed by atoms with Crippen molar-refractivity contribution in [2.45, 2.75) is 70.1 Å². The Balaban J connectivity index is 2.77. The van der Waals surface area contributed by atoms with E-state index in [4.69, 9.17) is 10.5 Å². The molecule has 0 aliphatic heterocycles. The van der Waals surface area contributed by atoms with Gasteiger partial charge in [0, 0.05) is 0 Å². The van der Waals surface area contributed by atoms with Gasteiger partial charge in [0.15, 0.2) is 0 Å². The molecule has 4 N–H and O–H groups in total. The van der Waals surface area contributed by atoms with Crippen LogP contribution in [0.5, 0.6) is 0 Å². The lowest BCUT2D eigenvalue weighted by Gasteiger charge is -2.30. The van der Waals surface area contributed by atoms with Crippen LogP contribution in [-0.2, 0) is 14.3 Å². The highest BCUT2D eigenvalue weighted by molar-refractivity contribution is 7.98. The van der Waals surface area contributed by atoms with Crippen molar-refractivity contribution >= 4 is 29.7 Å². The molecule has 0 bridgehead atoms. The Hall–Kier alpha value is -1.44. The van der Waals surface area contributed by atoms with Crippen molar-refractivity contribution < 1.29 is 19.1 Å². The Morgan fingerprint density at radius 2 is 1.83 bits per heavy atom. The fraction of sp³-hybridized carbons (Fsp3) is 0.812. The molecule has 0 aromatic rings. The minimum atomic E-state index is -0.996. The first-order valence-corrected chi connectivity index (χ1v) is 9.59. The minimum Gasteiger partial charge on any atom is -0.444 e. The van der Waals surface area contributed by atoms with Gasteiger partial charge < -0.3 is 21.1 Å². The number of alkyl carbamates (subject to hydrolysis) is 1. The highest BCUT2D eigenvalue weighted by atomic mass is 32.2. The van der Waals surface area contributed by atoms with Crippen molar-refractivity contribution in [2.75, 3.05) is 12.0 Å². The maximum Gasteiger partial charge on any atom is 0.408 e.